The van der Waals surface area contributed by atoms with Crippen LogP contribution in [0.4, 0.5) is 10.1 Å². The molecule has 0 bridgehead atoms. The van der Waals surface area contributed by atoms with Crippen molar-refractivity contribution in [2.45, 2.75) is 5.75 Å². The van der Waals surface area contributed by atoms with Crippen molar-refractivity contribution < 1.29 is 19.1 Å². The topological polar surface area (TPSA) is 66.4 Å². The first-order chi connectivity index (χ1) is 10.5. The van der Waals surface area contributed by atoms with E-state index in [2.05, 4.69) is 5.32 Å². The van der Waals surface area contributed by atoms with E-state index in [0.717, 1.165) is 5.56 Å². The van der Waals surface area contributed by atoms with Crippen molar-refractivity contribution in [1.82, 2.24) is 0 Å². The van der Waals surface area contributed by atoms with Crippen LogP contribution in [-0.4, -0.2) is 22.7 Å². The summed E-state index contributed by atoms with van der Waals surface area (Å²) in [6, 6.07) is 12.2. The maximum atomic E-state index is 12.7. The van der Waals surface area contributed by atoms with E-state index in [1.54, 1.807) is 12.1 Å². The van der Waals surface area contributed by atoms with E-state index in [0.29, 0.717) is 11.4 Å². The minimum absolute atomic E-state index is 0.189. The Bertz CT molecular complexity index is 673. The molecule has 2 N–H and O–H groups in total. The minimum atomic E-state index is -0.971. The van der Waals surface area contributed by atoms with Gasteiger partial charge < -0.3 is 10.4 Å². The molecular weight excluding hydrogens is 305 g/mol. The van der Waals surface area contributed by atoms with Crippen LogP contribution in [0.15, 0.2) is 48.5 Å². The summed E-state index contributed by atoms with van der Waals surface area (Å²) in [4.78, 5) is 22.6. The van der Waals surface area contributed by atoms with Crippen LogP contribution in [0.2, 0.25) is 0 Å². The summed E-state index contributed by atoms with van der Waals surface area (Å²) >= 11 is 1.38. The number of anilines is 1. The molecule has 0 saturated carbocycles. The predicted molar refractivity (Wildman–Crippen MR) is 84.6 cm³/mol. The molecule has 6 heteroatoms. The fraction of sp³-hybridized carbons (Fsp3) is 0.125. The molecule has 22 heavy (non-hydrogen) atoms. The van der Waals surface area contributed by atoms with Gasteiger partial charge in [-0.15, -0.1) is 11.8 Å². The Morgan fingerprint density at radius 3 is 2.55 bits per heavy atom. The number of carboxylic acids is 1. The second-order valence-electron chi connectivity index (χ2n) is 4.55. The first-order valence-corrected chi connectivity index (χ1v) is 7.65. The average molecular weight is 319 g/mol. The Balaban J connectivity index is 1.80. The SMILES string of the molecule is O=C(CSCc1cccc(C(=O)O)c1)Nc1ccc(F)cc1. The Morgan fingerprint density at radius 1 is 1.14 bits per heavy atom. The standard InChI is InChI=1S/C16H14FNO3S/c17-13-4-6-14(7-5-13)18-15(19)10-22-9-11-2-1-3-12(8-11)16(20)21/h1-8H,9-10H2,(H,18,19)(H,20,21). The molecular formula is C16H14FNO3S. The summed E-state index contributed by atoms with van der Waals surface area (Å²) in [6.07, 6.45) is 0. The molecule has 2 aromatic carbocycles. The second kappa shape index (κ2) is 7.61. The van der Waals surface area contributed by atoms with Crippen molar-refractivity contribution in [3.05, 3.63) is 65.5 Å². The molecule has 0 radical (unpaired) electrons. The van der Waals surface area contributed by atoms with Gasteiger partial charge in [-0.2, -0.15) is 0 Å². The van der Waals surface area contributed by atoms with Gasteiger partial charge >= 0.3 is 5.97 Å². The predicted octanol–water partition coefficient (Wildman–Crippen LogP) is 3.40. The van der Waals surface area contributed by atoms with Crippen LogP contribution in [0.5, 0.6) is 0 Å². The molecule has 4 nitrogen and oxygen atoms in total. The van der Waals surface area contributed by atoms with Crippen LogP contribution in [0.25, 0.3) is 0 Å². The number of carboxylic acid groups (broad SMARTS) is 1. The summed E-state index contributed by atoms with van der Waals surface area (Å²) in [5.74, 6) is -0.746. The third-order valence-electron chi connectivity index (χ3n) is 2.80. The number of nitrogens with one attached hydrogen (secondary N) is 1. The number of aromatic carboxylic acids is 1. The van der Waals surface area contributed by atoms with Crippen molar-refractivity contribution in [1.29, 1.82) is 0 Å². The summed E-state index contributed by atoms with van der Waals surface area (Å²) in [6.45, 7) is 0. The zero-order valence-corrected chi connectivity index (χ0v) is 12.4. The number of rotatable bonds is 6. The van der Waals surface area contributed by atoms with Crippen LogP contribution < -0.4 is 5.32 Å². The molecule has 1 amide bonds. The zero-order valence-electron chi connectivity index (χ0n) is 11.6. The summed E-state index contributed by atoms with van der Waals surface area (Å²) in [7, 11) is 0. The number of thioether (sulfide) groups is 1. The van der Waals surface area contributed by atoms with Crippen LogP contribution in [0.3, 0.4) is 0 Å². The molecule has 2 aromatic rings. The smallest absolute Gasteiger partial charge is 0.335 e. The Hall–Kier alpha value is -2.34. The van der Waals surface area contributed by atoms with E-state index in [-0.39, 0.29) is 23.0 Å². The van der Waals surface area contributed by atoms with Crippen LogP contribution in [0, 0.1) is 5.82 Å². The first kappa shape index (κ1) is 16.0. The molecule has 0 fully saturated rings. The van der Waals surface area contributed by atoms with Gasteiger partial charge in [-0.3, -0.25) is 4.79 Å². The van der Waals surface area contributed by atoms with Gasteiger partial charge in [0.15, 0.2) is 0 Å². The quantitative estimate of drug-likeness (QED) is 0.856. The molecule has 0 saturated heterocycles. The third-order valence-corrected chi connectivity index (χ3v) is 3.81. The highest BCUT2D eigenvalue weighted by atomic mass is 32.2. The summed E-state index contributed by atoms with van der Waals surface area (Å²) < 4.78 is 12.7. The maximum absolute atomic E-state index is 12.7. The Morgan fingerprint density at radius 2 is 1.86 bits per heavy atom. The lowest BCUT2D eigenvalue weighted by molar-refractivity contribution is -0.113. The molecule has 0 aromatic heterocycles. The fourth-order valence-electron chi connectivity index (χ4n) is 1.79. The van der Waals surface area contributed by atoms with Crippen LogP contribution >= 0.6 is 11.8 Å². The van der Waals surface area contributed by atoms with Crippen molar-refractivity contribution >= 4 is 29.3 Å². The van der Waals surface area contributed by atoms with Gasteiger partial charge in [0.05, 0.1) is 11.3 Å². The molecule has 0 unspecified atom stereocenters. The number of amides is 1. The molecule has 2 rings (SSSR count). The number of carbonyl (C=O) groups excluding carboxylic acids is 1. The highest BCUT2D eigenvalue weighted by molar-refractivity contribution is 7.99. The van der Waals surface area contributed by atoms with E-state index in [9.17, 15) is 14.0 Å². The van der Waals surface area contributed by atoms with E-state index in [1.165, 1.54) is 42.1 Å². The number of benzene rings is 2. The Kier molecular flexibility index (Phi) is 5.55. The van der Waals surface area contributed by atoms with E-state index in [1.807, 2.05) is 6.07 Å². The lowest BCUT2D eigenvalue weighted by Gasteiger charge is -2.05. The van der Waals surface area contributed by atoms with Gasteiger partial charge in [0, 0.05) is 11.4 Å². The zero-order chi connectivity index (χ0) is 15.9. The van der Waals surface area contributed by atoms with Gasteiger partial charge in [-0.1, -0.05) is 12.1 Å². The number of carbonyl (C=O) groups is 2. The monoisotopic (exact) mass is 319 g/mol. The van der Waals surface area contributed by atoms with Crippen LogP contribution in [-0.2, 0) is 10.5 Å². The van der Waals surface area contributed by atoms with Crippen molar-refractivity contribution in [2.24, 2.45) is 0 Å². The van der Waals surface area contributed by atoms with E-state index < -0.39 is 5.97 Å². The Labute approximate surface area is 131 Å². The van der Waals surface area contributed by atoms with Gasteiger partial charge in [0.25, 0.3) is 0 Å². The van der Waals surface area contributed by atoms with Crippen molar-refractivity contribution in [3.8, 4) is 0 Å². The molecule has 0 heterocycles. The average Bonchev–Trinajstić information content (AvgIpc) is 2.50. The van der Waals surface area contributed by atoms with Gasteiger partial charge in [-0.25, -0.2) is 9.18 Å². The lowest BCUT2D eigenvalue weighted by Crippen LogP contribution is -2.14. The largest absolute Gasteiger partial charge is 0.478 e. The summed E-state index contributed by atoms with van der Waals surface area (Å²) in [5, 5.41) is 11.6. The van der Waals surface area contributed by atoms with Gasteiger partial charge in [0.2, 0.25) is 5.91 Å². The van der Waals surface area contributed by atoms with E-state index in [4.69, 9.17) is 5.11 Å². The number of hydrogen-bond donors (Lipinski definition) is 2. The minimum Gasteiger partial charge on any atom is -0.478 e. The highest BCUT2D eigenvalue weighted by Crippen LogP contribution is 2.15. The van der Waals surface area contributed by atoms with Gasteiger partial charge in [0.1, 0.15) is 5.82 Å². The molecule has 0 aliphatic rings. The molecule has 0 atom stereocenters. The molecule has 0 aliphatic carbocycles. The lowest BCUT2D eigenvalue weighted by atomic mass is 10.1. The second-order valence-corrected chi connectivity index (χ2v) is 5.54. The van der Waals surface area contributed by atoms with Gasteiger partial charge in [-0.05, 0) is 42.0 Å². The normalized spacial score (nSPS) is 10.2. The first-order valence-electron chi connectivity index (χ1n) is 6.50. The van der Waals surface area contributed by atoms with Crippen LogP contribution in [0.1, 0.15) is 15.9 Å². The molecule has 0 spiro atoms. The number of hydrogen-bond acceptors (Lipinski definition) is 3. The van der Waals surface area contributed by atoms with E-state index >= 15 is 0 Å². The number of halogens is 1. The summed E-state index contributed by atoms with van der Waals surface area (Å²) in [5.41, 5.74) is 1.62. The van der Waals surface area contributed by atoms with Crippen molar-refractivity contribution in [2.75, 3.05) is 11.1 Å². The molecule has 114 valence electrons. The fourth-order valence-corrected chi connectivity index (χ4v) is 2.56. The molecule has 0 aliphatic heterocycles. The van der Waals surface area contributed by atoms with Crippen molar-refractivity contribution in [3.63, 3.8) is 0 Å². The third kappa shape index (κ3) is 4.89. The highest BCUT2D eigenvalue weighted by Gasteiger charge is 2.06. The maximum Gasteiger partial charge on any atom is 0.335 e.